The number of unbranched alkanes of at least 4 members (excludes halogenated alkanes) is 1. The molecular formula is C20H37IN4O3. The fourth-order valence-electron chi connectivity index (χ4n) is 3.07. The number of nitrogens with one attached hydrogen (secondary N) is 2. The number of nitrogens with zero attached hydrogens (tertiary/aromatic N) is 2. The van der Waals surface area contributed by atoms with Gasteiger partial charge in [0.1, 0.15) is 11.5 Å². The van der Waals surface area contributed by atoms with Gasteiger partial charge in [-0.3, -0.25) is 9.89 Å². The number of hydrogen-bond donors (Lipinski definition) is 2. The predicted octanol–water partition coefficient (Wildman–Crippen LogP) is 2.95. The molecular weight excluding hydrogens is 471 g/mol. The summed E-state index contributed by atoms with van der Waals surface area (Å²) in [7, 11) is 1.80. The van der Waals surface area contributed by atoms with Crippen LogP contribution in [0.2, 0.25) is 0 Å². The van der Waals surface area contributed by atoms with E-state index in [0.29, 0.717) is 0 Å². The maximum Gasteiger partial charge on any atom is 0.191 e. The Kier molecular flexibility index (Phi) is 13.6. The van der Waals surface area contributed by atoms with Crippen LogP contribution >= 0.6 is 24.0 Å². The third-order valence-electron chi connectivity index (χ3n) is 4.66. The van der Waals surface area contributed by atoms with Gasteiger partial charge in [0.25, 0.3) is 0 Å². The predicted molar refractivity (Wildman–Crippen MR) is 124 cm³/mol. The molecule has 1 unspecified atom stereocenters. The van der Waals surface area contributed by atoms with Crippen molar-refractivity contribution in [3.05, 3.63) is 23.7 Å². The van der Waals surface area contributed by atoms with Crippen molar-refractivity contribution in [1.82, 2.24) is 15.5 Å². The Bertz CT molecular complexity index is 547. The van der Waals surface area contributed by atoms with E-state index in [0.717, 1.165) is 82.9 Å². The molecule has 1 fully saturated rings. The van der Waals surface area contributed by atoms with Gasteiger partial charge in [0.05, 0.1) is 19.3 Å². The number of hydrogen-bond acceptors (Lipinski definition) is 5. The third kappa shape index (κ3) is 9.11. The van der Waals surface area contributed by atoms with E-state index in [2.05, 4.69) is 33.5 Å². The number of aryl methyl sites for hydroxylation is 1. The minimum atomic E-state index is 0. The third-order valence-corrected chi connectivity index (χ3v) is 4.66. The van der Waals surface area contributed by atoms with Crippen LogP contribution in [0.15, 0.2) is 21.5 Å². The molecule has 1 aromatic heterocycles. The number of aliphatic imine (C=N–C) groups is 1. The van der Waals surface area contributed by atoms with Gasteiger partial charge < -0.3 is 24.5 Å². The van der Waals surface area contributed by atoms with Crippen LogP contribution in [0.3, 0.4) is 0 Å². The quantitative estimate of drug-likeness (QED) is 0.207. The normalized spacial score (nSPS) is 16.5. The second-order valence-electron chi connectivity index (χ2n) is 6.81. The average Bonchev–Trinajstić information content (AvgIpc) is 3.12. The summed E-state index contributed by atoms with van der Waals surface area (Å²) in [5, 5.41) is 6.80. The minimum Gasteiger partial charge on any atom is -0.465 e. The Hall–Kier alpha value is -0.840. The Balaban J connectivity index is 0.00000392. The topological polar surface area (TPSA) is 71.3 Å². The number of rotatable bonds is 11. The Labute approximate surface area is 186 Å². The lowest BCUT2D eigenvalue weighted by Gasteiger charge is -2.33. The molecule has 0 aliphatic carbocycles. The highest BCUT2D eigenvalue weighted by Crippen LogP contribution is 2.23. The number of ether oxygens (including phenoxy) is 2. The van der Waals surface area contributed by atoms with Gasteiger partial charge in [-0.25, -0.2) is 0 Å². The molecule has 1 aromatic rings. The minimum absolute atomic E-state index is 0. The van der Waals surface area contributed by atoms with Gasteiger partial charge in [-0.15, -0.1) is 24.0 Å². The summed E-state index contributed by atoms with van der Waals surface area (Å²) in [6, 6.07) is 4.26. The van der Waals surface area contributed by atoms with Crippen molar-refractivity contribution < 1.29 is 13.9 Å². The highest BCUT2D eigenvalue weighted by Gasteiger charge is 2.25. The lowest BCUT2D eigenvalue weighted by molar-refractivity contribution is 0.0124. The van der Waals surface area contributed by atoms with Crippen molar-refractivity contribution in [1.29, 1.82) is 0 Å². The summed E-state index contributed by atoms with van der Waals surface area (Å²) in [4.78, 5) is 6.74. The van der Waals surface area contributed by atoms with Crippen molar-refractivity contribution in [2.75, 3.05) is 59.7 Å². The van der Waals surface area contributed by atoms with E-state index in [1.807, 2.05) is 13.0 Å². The summed E-state index contributed by atoms with van der Waals surface area (Å²) in [6.07, 6.45) is 3.27. The van der Waals surface area contributed by atoms with Crippen LogP contribution in [0.25, 0.3) is 0 Å². The van der Waals surface area contributed by atoms with Crippen molar-refractivity contribution in [3.63, 3.8) is 0 Å². The van der Waals surface area contributed by atoms with Crippen LogP contribution in [0.1, 0.15) is 43.7 Å². The fourth-order valence-corrected chi connectivity index (χ4v) is 3.07. The molecule has 7 nitrogen and oxygen atoms in total. The van der Waals surface area contributed by atoms with Crippen molar-refractivity contribution in [2.24, 2.45) is 4.99 Å². The lowest BCUT2D eigenvalue weighted by Crippen LogP contribution is -2.46. The molecule has 1 aliphatic heterocycles. The van der Waals surface area contributed by atoms with E-state index >= 15 is 0 Å². The summed E-state index contributed by atoms with van der Waals surface area (Å²) in [6.45, 7) is 10.7. The van der Waals surface area contributed by atoms with Crippen LogP contribution in [0.4, 0.5) is 0 Å². The highest BCUT2D eigenvalue weighted by atomic mass is 127. The molecule has 2 N–H and O–H groups in total. The van der Waals surface area contributed by atoms with Crippen LogP contribution in [-0.4, -0.2) is 70.5 Å². The molecule has 0 spiro atoms. The molecule has 0 aromatic carbocycles. The molecule has 0 saturated carbocycles. The Morgan fingerprint density at radius 2 is 1.96 bits per heavy atom. The second kappa shape index (κ2) is 15.1. The van der Waals surface area contributed by atoms with Crippen molar-refractivity contribution in [3.8, 4) is 0 Å². The van der Waals surface area contributed by atoms with E-state index in [1.165, 1.54) is 6.42 Å². The molecule has 2 heterocycles. The van der Waals surface area contributed by atoms with Gasteiger partial charge >= 0.3 is 0 Å². The zero-order valence-electron chi connectivity index (χ0n) is 17.5. The summed E-state index contributed by atoms with van der Waals surface area (Å²) in [5.74, 6) is 2.74. The van der Waals surface area contributed by atoms with Gasteiger partial charge in [0, 0.05) is 46.4 Å². The molecule has 2 rings (SSSR count). The van der Waals surface area contributed by atoms with Gasteiger partial charge in [0.15, 0.2) is 5.96 Å². The molecule has 1 aliphatic rings. The number of furan rings is 1. The van der Waals surface area contributed by atoms with E-state index in [-0.39, 0.29) is 30.0 Å². The molecule has 28 heavy (non-hydrogen) atoms. The zero-order chi connectivity index (χ0) is 19.3. The van der Waals surface area contributed by atoms with E-state index < -0.39 is 0 Å². The van der Waals surface area contributed by atoms with Crippen LogP contribution < -0.4 is 10.6 Å². The number of morpholine rings is 1. The van der Waals surface area contributed by atoms with Crippen molar-refractivity contribution in [2.45, 2.75) is 39.2 Å². The van der Waals surface area contributed by atoms with Gasteiger partial charge in [0.2, 0.25) is 0 Å². The summed E-state index contributed by atoms with van der Waals surface area (Å²) in [5.41, 5.74) is 0. The first-order valence-corrected chi connectivity index (χ1v) is 10.1. The largest absolute Gasteiger partial charge is 0.465 e. The number of halogens is 1. The van der Waals surface area contributed by atoms with E-state index in [9.17, 15) is 0 Å². The van der Waals surface area contributed by atoms with Gasteiger partial charge in [-0.2, -0.15) is 0 Å². The monoisotopic (exact) mass is 508 g/mol. The van der Waals surface area contributed by atoms with Crippen molar-refractivity contribution >= 4 is 29.9 Å². The molecule has 162 valence electrons. The summed E-state index contributed by atoms with van der Waals surface area (Å²) < 4.78 is 17.0. The maximum absolute atomic E-state index is 5.91. The zero-order valence-corrected chi connectivity index (χ0v) is 19.9. The second-order valence-corrected chi connectivity index (χ2v) is 6.81. The lowest BCUT2D eigenvalue weighted by atomic mass is 10.1. The Morgan fingerprint density at radius 3 is 2.61 bits per heavy atom. The van der Waals surface area contributed by atoms with Crippen LogP contribution in [0, 0.1) is 6.92 Å². The first-order chi connectivity index (χ1) is 13.2. The first kappa shape index (κ1) is 25.2. The molecule has 0 amide bonds. The first-order valence-electron chi connectivity index (χ1n) is 10.1. The molecule has 0 radical (unpaired) electrons. The van der Waals surface area contributed by atoms with Gasteiger partial charge in [-0.1, -0.05) is 13.3 Å². The smallest absolute Gasteiger partial charge is 0.191 e. The molecule has 0 bridgehead atoms. The average molecular weight is 508 g/mol. The number of guanidine groups is 1. The van der Waals surface area contributed by atoms with E-state index in [4.69, 9.17) is 13.9 Å². The SMILES string of the molecule is CCCCOCCCNC(=NC)NCC(c1ccc(C)o1)N1CCOCC1.I. The van der Waals surface area contributed by atoms with Crippen LogP contribution in [-0.2, 0) is 9.47 Å². The maximum atomic E-state index is 5.91. The van der Waals surface area contributed by atoms with E-state index in [1.54, 1.807) is 7.05 Å². The van der Waals surface area contributed by atoms with Gasteiger partial charge in [-0.05, 0) is 31.9 Å². The Morgan fingerprint density at radius 1 is 1.21 bits per heavy atom. The standard InChI is InChI=1S/C20H36N4O3.HI/c1-4-5-12-25-13-6-9-22-20(21-3)23-16-18(19-8-7-17(2)27-19)24-10-14-26-15-11-24;/h7-8,18H,4-6,9-16H2,1-3H3,(H2,21,22,23);1H. The van der Waals surface area contributed by atoms with Crippen LogP contribution in [0.5, 0.6) is 0 Å². The molecule has 8 heteroatoms. The molecule has 1 atom stereocenters. The fraction of sp³-hybridized carbons (Fsp3) is 0.750. The highest BCUT2D eigenvalue weighted by molar-refractivity contribution is 14.0. The summed E-state index contributed by atoms with van der Waals surface area (Å²) >= 11 is 0. The molecule has 1 saturated heterocycles.